The van der Waals surface area contributed by atoms with E-state index in [4.69, 9.17) is 28.9 Å². The van der Waals surface area contributed by atoms with Gasteiger partial charge in [0.25, 0.3) is 6.43 Å². The van der Waals surface area contributed by atoms with Crippen LogP contribution in [0.25, 0.3) is 10.9 Å². The molecule has 0 N–H and O–H groups in total. The van der Waals surface area contributed by atoms with Crippen LogP contribution in [0, 0.1) is 12.3 Å². The van der Waals surface area contributed by atoms with Gasteiger partial charge < -0.3 is 33.6 Å². The number of anilines is 1. The summed E-state index contributed by atoms with van der Waals surface area (Å²) in [6.07, 6.45) is 0.475. The van der Waals surface area contributed by atoms with Gasteiger partial charge in [-0.2, -0.15) is 9.97 Å². The van der Waals surface area contributed by atoms with Crippen molar-refractivity contribution in [2.75, 3.05) is 71.0 Å². The summed E-state index contributed by atoms with van der Waals surface area (Å²) in [6.45, 7) is 12.9. The number of carbonyl (C=O) groups excluding carboxylic acids is 1. The van der Waals surface area contributed by atoms with E-state index in [0.717, 1.165) is 69.4 Å². The Kier molecular flexibility index (Phi) is 10.1. The average molecular weight is 685 g/mol. The Labute approximate surface area is 266 Å². The van der Waals surface area contributed by atoms with Crippen LogP contribution in [0.3, 0.4) is 0 Å². The van der Waals surface area contributed by atoms with Crippen LogP contribution >= 0.6 is 15.9 Å². The largest absolute Gasteiger partial charge is 0.484 e. The maximum atomic E-state index is 13.2. The Morgan fingerprint density at radius 3 is 2.43 bits per heavy atom. The number of halogens is 3. The summed E-state index contributed by atoms with van der Waals surface area (Å²) in [5, 5.41) is 0.733. The first-order valence-corrected chi connectivity index (χ1v) is 16.2. The molecule has 3 saturated heterocycles. The number of nitrogens with zero attached hydrogens (tertiary/aromatic N) is 5. The van der Waals surface area contributed by atoms with Gasteiger partial charge in [-0.3, -0.25) is 0 Å². The molecule has 244 valence electrons. The Bertz CT molecular complexity index is 1320. The van der Waals surface area contributed by atoms with Crippen molar-refractivity contribution in [2.45, 2.75) is 71.5 Å². The summed E-state index contributed by atoms with van der Waals surface area (Å²) in [5.41, 5.74) is 0.810. The normalized spacial score (nSPS) is 19.5. The van der Waals surface area contributed by atoms with Crippen LogP contribution in [-0.4, -0.2) is 110 Å². The lowest BCUT2D eigenvalue weighted by Crippen LogP contribution is -2.62. The van der Waals surface area contributed by atoms with Crippen molar-refractivity contribution in [3.8, 4) is 11.8 Å². The number of carbonyl (C=O) groups is 1. The molecule has 0 atom stereocenters. The smallest absolute Gasteiger partial charge is 0.410 e. The second-order valence-electron chi connectivity index (χ2n) is 13.2. The van der Waals surface area contributed by atoms with E-state index in [1.807, 2.05) is 33.8 Å². The van der Waals surface area contributed by atoms with Gasteiger partial charge >= 0.3 is 12.1 Å². The molecule has 1 spiro atoms. The van der Waals surface area contributed by atoms with Crippen molar-refractivity contribution in [3.05, 3.63) is 16.1 Å². The number of ether oxygens (including phenoxy) is 4. The van der Waals surface area contributed by atoms with Crippen LogP contribution in [0.2, 0.25) is 0 Å². The van der Waals surface area contributed by atoms with Gasteiger partial charge in [0.15, 0.2) is 5.75 Å². The van der Waals surface area contributed by atoms with E-state index in [2.05, 4.69) is 25.7 Å². The molecule has 4 heterocycles. The van der Waals surface area contributed by atoms with Crippen molar-refractivity contribution in [2.24, 2.45) is 5.41 Å². The van der Waals surface area contributed by atoms with Gasteiger partial charge in [0, 0.05) is 63.7 Å². The van der Waals surface area contributed by atoms with Crippen LogP contribution in [0.1, 0.15) is 52.0 Å². The second-order valence-corrected chi connectivity index (χ2v) is 14.0. The number of piperidine rings is 2. The van der Waals surface area contributed by atoms with Crippen LogP contribution in [0.15, 0.2) is 10.5 Å². The fourth-order valence-electron chi connectivity index (χ4n) is 6.23. The number of aromatic nitrogens is 2. The summed E-state index contributed by atoms with van der Waals surface area (Å²) >= 11 is 3.55. The van der Waals surface area contributed by atoms with Gasteiger partial charge in [0.05, 0.1) is 11.1 Å². The molecule has 1 amide bonds. The maximum absolute atomic E-state index is 13.2. The van der Waals surface area contributed by atoms with Crippen LogP contribution in [-0.2, 0) is 9.47 Å². The second kappa shape index (κ2) is 13.5. The van der Waals surface area contributed by atoms with Crippen LogP contribution in [0.4, 0.5) is 19.4 Å². The molecule has 0 bridgehead atoms. The molecule has 3 aliphatic heterocycles. The van der Waals surface area contributed by atoms with Gasteiger partial charge in [-0.05, 0) is 80.9 Å². The molecule has 5 rings (SSSR count). The molecule has 0 unspecified atom stereocenters. The van der Waals surface area contributed by atoms with Crippen molar-refractivity contribution in [1.82, 2.24) is 19.8 Å². The quantitative estimate of drug-likeness (QED) is 0.332. The van der Waals surface area contributed by atoms with Gasteiger partial charge in [-0.25, -0.2) is 13.6 Å². The number of amides is 1. The fraction of sp³-hybridized carbons (Fsp3) is 0.710. The first-order chi connectivity index (χ1) is 20.9. The van der Waals surface area contributed by atoms with Gasteiger partial charge in [0.2, 0.25) is 0 Å². The molecule has 0 saturated carbocycles. The monoisotopic (exact) mass is 683 g/mol. The standard InChI is InChI=1S/C31H44BrF2N5O5/c1-20-16-22-25(26(24(20)32)42-17-23(33)34)35-28(43-21-6-10-37(11-7-21)14-15-41-5)36-27(22)38-12-8-31(9-13-38)18-39(19-31)29(40)44-30(2,3)4/h16,21,23H,6-15,17-19H2,1-5H3. The molecule has 0 radical (unpaired) electrons. The Morgan fingerprint density at radius 1 is 1.14 bits per heavy atom. The van der Waals surface area contributed by atoms with E-state index < -0.39 is 18.6 Å². The highest BCUT2D eigenvalue weighted by atomic mass is 79.9. The molecular formula is C31H44BrF2N5O5. The third-order valence-electron chi connectivity index (χ3n) is 8.63. The number of hydrogen-bond donors (Lipinski definition) is 0. The van der Waals surface area contributed by atoms with Gasteiger partial charge in [-0.1, -0.05) is 0 Å². The van der Waals surface area contributed by atoms with E-state index in [0.29, 0.717) is 35.5 Å². The number of benzene rings is 1. The zero-order valence-corrected chi connectivity index (χ0v) is 27.9. The number of rotatable bonds is 9. The third-order valence-corrected chi connectivity index (χ3v) is 9.61. The van der Waals surface area contributed by atoms with Crippen molar-refractivity contribution < 1.29 is 32.5 Å². The fourth-order valence-corrected chi connectivity index (χ4v) is 6.64. The highest BCUT2D eigenvalue weighted by molar-refractivity contribution is 9.10. The van der Waals surface area contributed by atoms with Crippen LogP contribution < -0.4 is 14.4 Å². The zero-order chi connectivity index (χ0) is 31.6. The first kappa shape index (κ1) is 32.9. The highest BCUT2D eigenvalue weighted by Crippen LogP contribution is 2.44. The number of aryl methyl sites for hydroxylation is 1. The van der Waals surface area contributed by atoms with E-state index in [9.17, 15) is 13.6 Å². The van der Waals surface area contributed by atoms with E-state index in [1.54, 1.807) is 12.0 Å². The average Bonchev–Trinajstić information content (AvgIpc) is 2.95. The third kappa shape index (κ3) is 7.64. The molecule has 2 aromatic rings. The summed E-state index contributed by atoms with van der Waals surface area (Å²) in [6, 6.07) is 2.19. The topological polar surface area (TPSA) is 89.5 Å². The maximum Gasteiger partial charge on any atom is 0.410 e. The molecule has 3 fully saturated rings. The highest BCUT2D eigenvalue weighted by Gasteiger charge is 2.48. The number of alkyl halides is 2. The molecule has 1 aromatic heterocycles. The molecule has 13 heteroatoms. The molecule has 1 aromatic carbocycles. The lowest BCUT2D eigenvalue weighted by atomic mass is 9.72. The number of likely N-dealkylation sites (tertiary alicyclic amines) is 2. The lowest BCUT2D eigenvalue weighted by Gasteiger charge is -2.53. The summed E-state index contributed by atoms with van der Waals surface area (Å²) in [7, 11) is 1.71. The van der Waals surface area contributed by atoms with Gasteiger partial charge in [0.1, 0.15) is 29.6 Å². The summed E-state index contributed by atoms with van der Waals surface area (Å²) < 4.78 is 49.8. The molecule has 44 heavy (non-hydrogen) atoms. The first-order valence-electron chi connectivity index (χ1n) is 15.4. The van der Waals surface area contributed by atoms with E-state index in [1.165, 1.54) is 0 Å². The van der Waals surface area contributed by atoms with E-state index in [-0.39, 0.29) is 29.4 Å². The van der Waals surface area contributed by atoms with E-state index >= 15 is 0 Å². The number of hydrogen-bond acceptors (Lipinski definition) is 9. The molecule has 10 nitrogen and oxygen atoms in total. The van der Waals surface area contributed by atoms with Crippen molar-refractivity contribution in [3.63, 3.8) is 0 Å². The minimum Gasteiger partial charge on any atom is -0.484 e. The molecule has 3 aliphatic rings. The molecule has 0 aliphatic carbocycles. The Balaban J connectivity index is 1.37. The number of fused-ring (bicyclic) bond motifs is 1. The van der Waals surface area contributed by atoms with Gasteiger partial charge in [-0.15, -0.1) is 0 Å². The Hall–Kier alpha value is -2.51. The predicted molar refractivity (Wildman–Crippen MR) is 167 cm³/mol. The van der Waals surface area contributed by atoms with Crippen molar-refractivity contribution >= 4 is 38.7 Å². The predicted octanol–water partition coefficient (Wildman–Crippen LogP) is 5.67. The van der Waals surface area contributed by atoms with Crippen molar-refractivity contribution in [1.29, 1.82) is 0 Å². The SMILES string of the molecule is COCCN1CCC(Oc2nc(N3CCC4(CC3)CN(C(=O)OC(C)(C)C)C4)c3cc(C)c(Br)c(OCC(F)F)c3n2)CC1. The summed E-state index contributed by atoms with van der Waals surface area (Å²) in [5.74, 6) is 0.974. The lowest BCUT2D eigenvalue weighted by molar-refractivity contribution is -0.0434. The minimum absolute atomic E-state index is 0.0524. The number of methoxy groups -OCH3 is 1. The molecular weight excluding hydrogens is 640 g/mol. The summed E-state index contributed by atoms with van der Waals surface area (Å²) in [4.78, 5) is 28.5. The van der Waals surface area contributed by atoms with Crippen LogP contribution in [0.5, 0.6) is 11.8 Å². The zero-order valence-electron chi connectivity index (χ0n) is 26.3. The Morgan fingerprint density at radius 2 is 1.82 bits per heavy atom. The minimum atomic E-state index is -2.63.